The van der Waals surface area contributed by atoms with Gasteiger partial charge in [0.2, 0.25) is 0 Å². The Labute approximate surface area is 131 Å². The molecule has 0 bridgehead atoms. The highest BCUT2D eigenvalue weighted by Crippen LogP contribution is 2.10. The molecule has 1 aromatic carbocycles. The minimum Gasteiger partial charge on any atom is -0.380 e. The molecule has 0 aromatic heterocycles. The number of nitrogens with one attached hydrogen (secondary N) is 1. The Balaban J connectivity index is 2.01. The minimum absolute atomic E-state index is 0.704. The molecule has 0 aliphatic heterocycles. The lowest BCUT2D eigenvalue weighted by Crippen LogP contribution is -2.16. The van der Waals surface area contributed by atoms with Gasteiger partial charge in [0.05, 0.1) is 6.61 Å². The minimum atomic E-state index is 0.704. The van der Waals surface area contributed by atoms with E-state index < -0.39 is 0 Å². The molecule has 1 rings (SSSR count). The van der Waals surface area contributed by atoms with Crippen molar-refractivity contribution < 1.29 is 4.74 Å². The Morgan fingerprint density at radius 1 is 0.857 bits per heavy atom. The number of benzene rings is 1. The van der Waals surface area contributed by atoms with Crippen LogP contribution in [0.4, 0.5) is 0 Å². The molecule has 0 fully saturated rings. The fraction of sp³-hybridized carbons (Fsp3) is 0.684. The molecule has 0 saturated heterocycles. The average molecular weight is 291 g/mol. The Morgan fingerprint density at radius 2 is 1.48 bits per heavy atom. The summed E-state index contributed by atoms with van der Waals surface area (Å²) in [5.41, 5.74) is 2.65. The zero-order valence-electron chi connectivity index (χ0n) is 14.0. The molecule has 0 aliphatic rings. The number of hydrogen-bond donors (Lipinski definition) is 1. The van der Waals surface area contributed by atoms with Gasteiger partial charge in [-0.1, -0.05) is 76.1 Å². The molecule has 0 saturated carbocycles. The first-order valence-electron chi connectivity index (χ1n) is 8.65. The first kappa shape index (κ1) is 18.2. The third-order valence-electron chi connectivity index (χ3n) is 3.94. The van der Waals surface area contributed by atoms with Crippen molar-refractivity contribution in [1.29, 1.82) is 0 Å². The topological polar surface area (TPSA) is 21.3 Å². The van der Waals surface area contributed by atoms with E-state index in [-0.39, 0.29) is 0 Å². The molecule has 0 atom stereocenters. The van der Waals surface area contributed by atoms with Crippen LogP contribution in [0.2, 0.25) is 0 Å². The summed E-state index contributed by atoms with van der Waals surface area (Å²) < 4.78 is 5.24. The van der Waals surface area contributed by atoms with Gasteiger partial charge in [-0.15, -0.1) is 0 Å². The zero-order chi connectivity index (χ0) is 15.2. The first-order valence-corrected chi connectivity index (χ1v) is 8.65. The Hall–Kier alpha value is -0.860. The van der Waals surface area contributed by atoms with Gasteiger partial charge in [-0.2, -0.15) is 0 Å². The molecule has 1 aromatic rings. The zero-order valence-corrected chi connectivity index (χ0v) is 14.0. The van der Waals surface area contributed by atoms with E-state index in [1.807, 2.05) is 0 Å². The van der Waals surface area contributed by atoms with Crippen molar-refractivity contribution in [2.24, 2.45) is 0 Å². The van der Waals surface area contributed by atoms with Gasteiger partial charge in [-0.25, -0.2) is 0 Å². The molecule has 0 spiro atoms. The Bertz CT molecular complexity index is 351. The van der Waals surface area contributed by atoms with Crippen molar-refractivity contribution >= 4 is 0 Å². The fourth-order valence-corrected chi connectivity index (χ4v) is 2.63. The normalized spacial score (nSPS) is 11.0. The summed E-state index contributed by atoms with van der Waals surface area (Å²) in [7, 11) is 1.75. The van der Waals surface area contributed by atoms with Gasteiger partial charge in [0, 0.05) is 13.7 Å². The number of methoxy groups -OCH3 is 1. The van der Waals surface area contributed by atoms with Crippen LogP contribution in [0.1, 0.15) is 69.4 Å². The van der Waals surface area contributed by atoms with Gasteiger partial charge >= 0.3 is 0 Å². The number of rotatable bonds is 13. The van der Waals surface area contributed by atoms with E-state index in [4.69, 9.17) is 4.74 Å². The molecule has 1 N–H and O–H groups in total. The lowest BCUT2D eigenvalue weighted by molar-refractivity contribution is 0.184. The van der Waals surface area contributed by atoms with Gasteiger partial charge in [-0.05, 0) is 24.1 Å². The summed E-state index contributed by atoms with van der Waals surface area (Å²) >= 11 is 0. The summed E-state index contributed by atoms with van der Waals surface area (Å²) in [6.07, 6.45) is 11.1. The van der Waals surface area contributed by atoms with Crippen LogP contribution >= 0.6 is 0 Å². The summed E-state index contributed by atoms with van der Waals surface area (Å²) in [6, 6.07) is 8.52. The molecule has 0 heterocycles. The lowest BCUT2D eigenvalue weighted by atomic mass is 10.1. The molecule has 0 radical (unpaired) electrons. The highest BCUT2D eigenvalue weighted by atomic mass is 16.5. The van der Waals surface area contributed by atoms with E-state index in [0.29, 0.717) is 6.61 Å². The van der Waals surface area contributed by atoms with Gasteiger partial charge in [-0.3, -0.25) is 0 Å². The van der Waals surface area contributed by atoms with Crippen LogP contribution in [-0.4, -0.2) is 13.7 Å². The van der Waals surface area contributed by atoms with Crippen molar-refractivity contribution in [2.75, 3.05) is 13.7 Å². The van der Waals surface area contributed by atoms with Gasteiger partial charge in [0.1, 0.15) is 0 Å². The first-order chi connectivity index (χ1) is 10.4. The molecule has 0 unspecified atom stereocenters. The molecule has 21 heavy (non-hydrogen) atoms. The molecule has 0 amide bonds. The molecule has 2 nitrogen and oxygen atoms in total. The molecular weight excluding hydrogens is 258 g/mol. The Kier molecular flexibility index (Phi) is 11.1. The van der Waals surface area contributed by atoms with Crippen LogP contribution in [0.25, 0.3) is 0 Å². The maximum Gasteiger partial charge on any atom is 0.0716 e. The average Bonchev–Trinajstić information content (AvgIpc) is 2.51. The SMILES string of the molecule is CCCCCCCCCCNCc1ccccc1COC. The highest BCUT2D eigenvalue weighted by molar-refractivity contribution is 5.26. The van der Waals surface area contributed by atoms with Crippen LogP contribution in [-0.2, 0) is 17.9 Å². The standard InChI is InChI=1S/C19H33NO/c1-3-4-5-6-7-8-9-12-15-20-16-18-13-10-11-14-19(18)17-21-2/h10-11,13-14,20H,3-9,12,15-17H2,1-2H3. The van der Waals surface area contributed by atoms with Crippen molar-refractivity contribution in [1.82, 2.24) is 5.32 Å². The summed E-state index contributed by atoms with van der Waals surface area (Å²) in [4.78, 5) is 0. The second-order valence-corrected chi connectivity index (χ2v) is 5.85. The summed E-state index contributed by atoms with van der Waals surface area (Å²) in [5, 5.41) is 3.56. The number of ether oxygens (including phenoxy) is 1. The van der Waals surface area contributed by atoms with E-state index in [1.165, 1.54) is 62.5 Å². The molecule has 120 valence electrons. The van der Waals surface area contributed by atoms with Crippen LogP contribution < -0.4 is 5.32 Å². The maximum absolute atomic E-state index is 5.24. The highest BCUT2D eigenvalue weighted by Gasteiger charge is 2.00. The van der Waals surface area contributed by atoms with E-state index in [9.17, 15) is 0 Å². The van der Waals surface area contributed by atoms with Crippen molar-refractivity contribution in [3.63, 3.8) is 0 Å². The third-order valence-corrected chi connectivity index (χ3v) is 3.94. The van der Waals surface area contributed by atoms with Crippen LogP contribution in [0, 0.1) is 0 Å². The second kappa shape index (κ2) is 12.8. The predicted molar refractivity (Wildman–Crippen MR) is 91.5 cm³/mol. The van der Waals surface area contributed by atoms with Crippen molar-refractivity contribution in [2.45, 2.75) is 71.4 Å². The summed E-state index contributed by atoms with van der Waals surface area (Å²) in [6.45, 7) is 5.05. The second-order valence-electron chi connectivity index (χ2n) is 5.85. The van der Waals surface area contributed by atoms with Gasteiger partial charge in [0.15, 0.2) is 0 Å². The maximum atomic E-state index is 5.24. The van der Waals surface area contributed by atoms with Gasteiger partial charge in [0.25, 0.3) is 0 Å². The van der Waals surface area contributed by atoms with E-state index in [1.54, 1.807) is 7.11 Å². The third kappa shape index (κ3) is 8.90. The molecule has 0 aliphatic carbocycles. The van der Waals surface area contributed by atoms with E-state index >= 15 is 0 Å². The fourth-order valence-electron chi connectivity index (χ4n) is 2.63. The number of hydrogen-bond acceptors (Lipinski definition) is 2. The molecule has 2 heteroatoms. The van der Waals surface area contributed by atoms with Crippen LogP contribution in [0.3, 0.4) is 0 Å². The van der Waals surface area contributed by atoms with E-state index in [2.05, 4.69) is 36.5 Å². The predicted octanol–water partition coefficient (Wildman–Crippen LogP) is 5.06. The van der Waals surface area contributed by atoms with Crippen molar-refractivity contribution in [3.8, 4) is 0 Å². The van der Waals surface area contributed by atoms with E-state index in [0.717, 1.165) is 13.1 Å². The molecular formula is C19H33NO. The Morgan fingerprint density at radius 3 is 2.14 bits per heavy atom. The number of unbranched alkanes of at least 4 members (excludes halogenated alkanes) is 7. The van der Waals surface area contributed by atoms with Crippen molar-refractivity contribution in [3.05, 3.63) is 35.4 Å². The quantitative estimate of drug-likeness (QED) is 0.513. The largest absolute Gasteiger partial charge is 0.380 e. The monoisotopic (exact) mass is 291 g/mol. The summed E-state index contributed by atoms with van der Waals surface area (Å²) in [5.74, 6) is 0. The van der Waals surface area contributed by atoms with Gasteiger partial charge < -0.3 is 10.1 Å². The van der Waals surface area contributed by atoms with Crippen LogP contribution in [0.15, 0.2) is 24.3 Å². The smallest absolute Gasteiger partial charge is 0.0716 e. The lowest BCUT2D eigenvalue weighted by Gasteiger charge is -2.10. The van der Waals surface area contributed by atoms with Crippen LogP contribution in [0.5, 0.6) is 0 Å².